The second kappa shape index (κ2) is 8.62. The van der Waals surface area contributed by atoms with Gasteiger partial charge in [0.2, 0.25) is 0 Å². The van der Waals surface area contributed by atoms with Crippen LogP contribution in [0, 0.1) is 11.8 Å². The zero-order valence-electron chi connectivity index (χ0n) is 14.2. The van der Waals surface area contributed by atoms with Gasteiger partial charge < -0.3 is 15.5 Å². The Morgan fingerprint density at radius 3 is 2.48 bits per heavy atom. The first kappa shape index (κ1) is 16.6. The van der Waals surface area contributed by atoms with E-state index in [1.165, 1.54) is 51.7 Å². The van der Waals surface area contributed by atoms with Crippen LogP contribution in [0.25, 0.3) is 0 Å². The van der Waals surface area contributed by atoms with E-state index in [0.717, 1.165) is 30.9 Å². The number of hydrogen-bond donors (Lipinski definition) is 2. The van der Waals surface area contributed by atoms with Gasteiger partial charge in [-0.2, -0.15) is 0 Å². The summed E-state index contributed by atoms with van der Waals surface area (Å²) in [5, 5.41) is 6.81. The second-order valence-corrected chi connectivity index (χ2v) is 7.09. The molecule has 2 fully saturated rings. The first-order valence-corrected chi connectivity index (χ1v) is 8.94. The molecular formula is C17H34N4. The first-order chi connectivity index (χ1) is 10.2. The SMILES string of the molecule is CCNC(=NCCCCN1CC(C)CC(C)C1)NC1CC1. The average Bonchev–Trinajstić information content (AvgIpc) is 3.21. The molecule has 0 aromatic carbocycles. The number of aliphatic imine (C=N–C) groups is 1. The van der Waals surface area contributed by atoms with Gasteiger partial charge in [-0.3, -0.25) is 4.99 Å². The minimum absolute atomic E-state index is 0.680. The minimum Gasteiger partial charge on any atom is -0.357 e. The van der Waals surface area contributed by atoms with E-state index in [9.17, 15) is 0 Å². The lowest BCUT2D eigenvalue weighted by Gasteiger charge is -2.34. The summed E-state index contributed by atoms with van der Waals surface area (Å²) in [6.07, 6.45) is 6.47. The van der Waals surface area contributed by atoms with Crippen molar-refractivity contribution in [3.8, 4) is 0 Å². The van der Waals surface area contributed by atoms with Crippen molar-refractivity contribution in [2.45, 2.75) is 58.9 Å². The number of hydrogen-bond acceptors (Lipinski definition) is 2. The molecule has 1 aliphatic heterocycles. The lowest BCUT2D eigenvalue weighted by atomic mass is 9.92. The van der Waals surface area contributed by atoms with Gasteiger partial charge in [0.05, 0.1) is 0 Å². The van der Waals surface area contributed by atoms with Crippen LogP contribution in [-0.2, 0) is 0 Å². The molecule has 122 valence electrons. The quantitative estimate of drug-likeness (QED) is 0.430. The first-order valence-electron chi connectivity index (χ1n) is 8.94. The average molecular weight is 294 g/mol. The molecule has 2 N–H and O–H groups in total. The molecule has 2 unspecified atom stereocenters. The molecule has 2 rings (SSSR count). The van der Waals surface area contributed by atoms with E-state index in [-0.39, 0.29) is 0 Å². The van der Waals surface area contributed by atoms with Crippen molar-refractivity contribution in [3.05, 3.63) is 0 Å². The Morgan fingerprint density at radius 2 is 1.86 bits per heavy atom. The highest BCUT2D eigenvalue weighted by Gasteiger charge is 2.22. The van der Waals surface area contributed by atoms with Crippen molar-refractivity contribution >= 4 is 5.96 Å². The minimum atomic E-state index is 0.680. The van der Waals surface area contributed by atoms with E-state index in [4.69, 9.17) is 0 Å². The van der Waals surface area contributed by atoms with Crippen LogP contribution >= 0.6 is 0 Å². The van der Waals surface area contributed by atoms with Crippen molar-refractivity contribution in [1.29, 1.82) is 0 Å². The molecule has 2 atom stereocenters. The van der Waals surface area contributed by atoms with Crippen molar-refractivity contribution in [3.63, 3.8) is 0 Å². The molecule has 0 bridgehead atoms. The Morgan fingerprint density at radius 1 is 1.14 bits per heavy atom. The van der Waals surface area contributed by atoms with Crippen LogP contribution in [-0.4, -0.2) is 49.6 Å². The molecule has 1 saturated carbocycles. The third-order valence-corrected chi connectivity index (χ3v) is 4.36. The van der Waals surface area contributed by atoms with Gasteiger partial charge >= 0.3 is 0 Å². The van der Waals surface area contributed by atoms with Gasteiger partial charge in [0.1, 0.15) is 0 Å². The summed E-state index contributed by atoms with van der Waals surface area (Å²) >= 11 is 0. The van der Waals surface area contributed by atoms with Crippen molar-refractivity contribution < 1.29 is 0 Å². The summed E-state index contributed by atoms with van der Waals surface area (Å²) in [6, 6.07) is 0.680. The van der Waals surface area contributed by atoms with Crippen molar-refractivity contribution in [2.24, 2.45) is 16.8 Å². The molecular weight excluding hydrogens is 260 g/mol. The van der Waals surface area contributed by atoms with Gasteiger partial charge in [0.25, 0.3) is 0 Å². The Kier molecular flexibility index (Phi) is 6.81. The maximum absolute atomic E-state index is 4.68. The summed E-state index contributed by atoms with van der Waals surface area (Å²) in [4.78, 5) is 7.33. The molecule has 0 aromatic rings. The van der Waals surface area contributed by atoms with Gasteiger partial charge in [0, 0.05) is 32.2 Å². The van der Waals surface area contributed by atoms with Crippen LogP contribution in [0.3, 0.4) is 0 Å². The summed E-state index contributed by atoms with van der Waals surface area (Å²) in [6.45, 7) is 12.6. The Bertz CT molecular complexity index is 315. The van der Waals surface area contributed by atoms with Crippen LogP contribution in [0.2, 0.25) is 0 Å². The predicted molar refractivity (Wildman–Crippen MR) is 90.8 cm³/mol. The topological polar surface area (TPSA) is 39.7 Å². The van der Waals surface area contributed by atoms with E-state index in [1.54, 1.807) is 0 Å². The number of piperidine rings is 1. The highest BCUT2D eigenvalue weighted by Crippen LogP contribution is 2.21. The lowest BCUT2D eigenvalue weighted by Crippen LogP contribution is -2.39. The molecule has 0 spiro atoms. The predicted octanol–water partition coefficient (Wildman–Crippen LogP) is 2.46. The number of nitrogens with one attached hydrogen (secondary N) is 2. The molecule has 21 heavy (non-hydrogen) atoms. The van der Waals surface area contributed by atoms with E-state index in [2.05, 4.69) is 41.3 Å². The summed E-state index contributed by atoms with van der Waals surface area (Å²) in [5.74, 6) is 2.75. The smallest absolute Gasteiger partial charge is 0.191 e. The maximum atomic E-state index is 4.68. The summed E-state index contributed by atoms with van der Waals surface area (Å²) in [5.41, 5.74) is 0. The standard InChI is InChI=1S/C17H34N4/c1-4-18-17(20-16-7-8-16)19-9-5-6-10-21-12-14(2)11-15(3)13-21/h14-16H,4-13H2,1-3H3,(H2,18,19,20). The highest BCUT2D eigenvalue weighted by molar-refractivity contribution is 5.80. The number of unbranched alkanes of at least 4 members (excludes halogenated alkanes) is 1. The fourth-order valence-corrected chi connectivity index (χ4v) is 3.35. The van der Waals surface area contributed by atoms with Crippen molar-refractivity contribution in [1.82, 2.24) is 15.5 Å². The molecule has 4 heteroatoms. The molecule has 1 heterocycles. The Balaban J connectivity index is 1.59. The van der Waals surface area contributed by atoms with Crippen molar-refractivity contribution in [2.75, 3.05) is 32.7 Å². The summed E-state index contributed by atoms with van der Waals surface area (Å²) < 4.78 is 0. The molecule has 0 amide bonds. The monoisotopic (exact) mass is 294 g/mol. The van der Waals surface area contributed by atoms with Gasteiger partial charge in [-0.1, -0.05) is 13.8 Å². The van der Waals surface area contributed by atoms with Gasteiger partial charge in [0.15, 0.2) is 5.96 Å². The van der Waals surface area contributed by atoms with E-state index >= 15 is 0 Å². The van der Waals surface area contributed by atoms with Gasteiger partial charge in [-0.05, 0) is 57.4 Å². The number of likely N-dealkylation sites (tertiary alicyclic amines) is 1. The largest absolute Gasteiger partial charge is 0.357 e. The molecule has 0 radical (unpaired) electrons. The number of guanidine groups is 1. The van der Waals surface area contributed by atoms with E-state index in [0.29, 0.717) is 6.04 Å². The van der Waals surface area contributed by atoms with E-state index in [1.807, 2.05) is 0 Å². The third kappa shape index (κ3) is 6.68. The molecule has 4 nitrogen and oxygen atoms in total. The fourth-order valence-electron chi connectivity index (χ4n) is 3.35. The summed E-state index contributed by atoms with van der Waals surface area (Å²) in [7, 11) is 0. The number of rotatable bonds is 7. The molecule has 0 aromatic heterocycles. The Hall–Kier alpha value is -0.770. The van der Waals surface area contributed by atoms with E-state index < -0.39 is 0 Å². The van der Waals surface area contributed by atoms with Gasteiger partial charge in [-0.25, -0.2) is 0 Å². The fraction of sp³-hybridized carbons (Fsp3) is 0.941. The Labute approximate surface area is 130 Å². The van der Waals surface area contributed by atoms with Crippen LogP contribution in [0.15, 0.2) is 4.99 Å². The van der Waals surface area contributed by atoms with Crippen LogP contribution in [0.5, 0.6) is 0 Å². The van der Waals surface area contributed by atoms with Gasteiger partial charge in [-0.15, -0.1) is 0 Å². The second-order valence-electron chi connectivity index (χ2n) is 7.09. The number of nitrogens with zero attached hydrogens (tertiary/aromatic N) is 2. The molecule has 1 saturated heterocycles. The van der Waals surface area contributed by atoms with Crippen LogP contribution in [0.4, 0.5) is 0 Å². The lowest BCUT2D eigenvalue weighted by molar-refractivity contribution is 0.139. The zero-order valence-corrected chi connectivity index (χ0v) is 14.2. The molecule has 2 aliphatic rings. The van der Waals surface area contributed by atoms with Crippen LogP contribution in [0.1, 0.15) is 52.9 Å². The maximum Gasteiger partial charge on any atom is 0.191 e. The molecule has 1 aliphatic carbocycles. The third-order valence-electron chi connectivity index (χ3n) is 4.36. The van der Waals surface area contributed by atoms with Crippen LogP contribution < -0.4 is 10.6 Å². The zero-order chi connectivity index (χ0) is 15.1. The normalized spacial score (nSPS) is 27.7. The highest BCUT2D eigenvalue weighted by atomic mass is 15.2.